The maximum Gasteiger partial charge on any atom is 0.205 e. The summed E-state index contributed by atoms with van der Waals surface area (Å²) in [6, 6.07) is 0. The highest BCUT2D eigenvalue weighted by Crippen LogP contribution is 2.51. The van der Waals surface area contributed by atoms with Gasteiger partial charge in [0.25, 0.3) is 0 Å². The van der Waals surface area contributed by atoms with E-state index in [2.05, 4.69) is 0 Å². The largest absolute Gasteiger partial charge is 0.507 e. The number of thioether (sulfide) groups is 2. The normalized spacial score (nSPS) is 36.6. The Labute approximate surface area is 233 Å². The number of phenols is 3. The molecule has 0 radical (unpaired) electrons. The molecular weight excluding hydrogens is 580 g/mol. The van der Waals surface area contributed by atoms with Gasteiger partial charge >= 0.3 is 0 Å². The van der Waals surface area contributed by atoms with E-state index in [1.807, 2.05) is 0 Å². The topological polar surface area (TPSA) is 275 Å². The number of Topliss-reactive ketones (excluding diaryl/α,β-unsaturated/α-hetero) is 2. The van der Waals surface area contributed by atoms with E-state index in [0.29, 0.717) is 23.5 Å². The number of aromatic hydroxyl groups is 3. The van der Waals surface area contributed by atoms with Gasteiger partial charge in [0.1, 0.15) is 65.5 Å². The van der Waals surface area contributed by atoms with Crippen molar-refractivity contribution in [1.29, 1.82) is 0 Å². The summed E-state index contributed by atoms with van der Waals surface area (Å²) >= 11 is 0.702. The van der Waals surface area contributed by atoms with Crippen molar-refractivity contribution in [2.24, 2.45) is 0 Å². The molecule has 4 rings (SSSR count). The minimum absolute atomic E-state index is 0.334. The van der Waals surface area contributed by atoms with Gasteiger partial charge in [0, 0.05) is 5.56 Å². The molecule has 1 aliphatic carbocycles. The molecule has 11 N–H and O–H groups in total. The molecule has 0 saturated carbocycles. The molecule has 3 aliphatic rings. The zero-order valence-electron chi connectivity index (χ0n) is 20.6. The van der Waals surface area contributed by atoms with Crippen molar-refractivity contribution in [3.05, 3.63) is 26.5 Å². The maximum atomic E-state index is 13.7. The number of phenolic OH excluding ortho intramolecular Hbond substituents is 3. The molecule has 40 heavy (non-hydrogen) atoms. The molecule has 15 nitrogen and oxygen atoms in total. The predicted octanol–water partition coefficient (Wildman–Crippen LogP) is -3.23. The second kappa shape index (κ2) is 11.7. The monoisotopic (exact) mass is 608 g/mol. The molecule has 0 amide bonds. The van der Waals surface area contributed by atoms with Gasteiger partial charge in [0.2, 0.25) is 11.6 Å². The SMILES string of the molecule is Cc1c(O)c(O)c2c(c1O)C(=O)C(S[C@@H]1O[C@H](CO)[C@@H](O)[C@H](O)[C@H]1O)=C(S[C@@H]1O[C@H](CO)[C@@H](O)[C@H](O)[C@H]1O)C2=O. The second-order valence-electron chi connectivity index (χ2n) is 9.37. The molecule has 0 bridgehead atoms. The fourth-order valence-corrected chi connectivity index (χ4v) is 7.05. The number of fused-ring (bicyclic) bond motifs is 1. The van der Waals surface area contributed by atoms with Gasteiger partial charge in [-0.2, -0.15) is 0 Å². The molecular formula is C23H28O15S2. The van der Waals surface area contributed by atoms with E-state index < -0.39 is 123 Å². The lowest BCUT2D eigenvalue weighted by molar-refractivity contribution is -0.205. The highest BCUT2D eigenvalue weighted by atomic mass is 32.2. The third-order valence-corrected chi connectivity index (χ3v) is 9.52. The standard InChI is InChI=1S/C23H28O15S2/c1-4-9(26)7-8(13(30)10(4)27)15(32)21(40-23-19(36)17(34)12(29)6(3-25)38-23)20(14(7)31)39-22-18(35)16(33)11(28)5(2-24)37-22/h5-6,11-12,16-19,22-30,33-36H,2-3H2,1H3/t5-,6-,11-,12-,16+,17+,18-,19-,22+,23+/m1/s1. The van der Waals surface area contributed by atoms with Gasteiger partial charge in [-0.15, -0.1) is 0 Å². The molecule has 2 aliphatic heterocycles. The van der Waals surface area contributed by atoms with E-state index in [1.165, 1.54) is 0 Å². The third kappa shape index (κ3) is 4.99. The van der Waals surface area contributed by atoms with Crippen LogP contribution >= 0.6 is 23.5 Å². The molecule has 1 aromatic rings. The van der Waals surface area contributed by atoms with Gasteiger partial charge in [0.15, 0.2) is 11.5 Å². The van der Waals surface area contributed by atoms with Gasteiger partial charge < -0.3 is 65.6 Å². The number of carbonyl (C=O) groups is 2. The Hall–Kier alpha value is -2.00. The van der Waals surface area contributed by atoms with Crippen LogP contribution in [0.3, 0.4) is 0 Å². The van der Waals surface area contributed by atoms with E-state index in [0.717, 1.165) is 6.92 Å². The Morgan fingerprint density at radius 3 is 1.35 bits per heavy atom. The van der Waals surface area contributed by atoms with Gasteiger partial charge in [-0.1, -0.05) is 23.5 Å². The Morgan fingerprint density at radius 2 is 0.975 bits per heavy atom. The average molecular weight is 609 g/mol. The summed E-state index contributed by atoms with van der Waals surface area (Å²) in [6.45, 7) is -0.434. The van der Waals surface area contributed by atoms with Gasteiger partial charge in [-0.3, -0.25) is 9.59 Å². The smallest absolute Gasteiger partial charge is 0.205 e. The predicted molar refractivity (Wildman–Crippen MR) is 135 cm³/mol. The number of allylic oxidation sites excluding steroid dienone is 2. The van der Waals surface area contributed by atoms with Crippen molar-refractivity contribution in [1.82, 2.24) is 0 Å². The van der Waals surface area contributed by atoms with Crippen LogP contribution in [0.4, 0.5) is 0 Å². The summed E-state index contributed by atoms with van der Waals surface area (Å²) < 4.78 is 10.9. The first kappa shape index (κ1) is 30.9. The van der Waals surface area contributed by atoms with Gasteiger partial charge in [0.05, 0.1) is 34.2 Å². The zero-order chi connectivity index (χ0) is 29.8. The number of carbonyl (C=O) groups excluding carboxylic acids is 2. The minimum Gasteiger partial charge on any atom is -0.507 e. The van der Waals surface area contributed by atoms with Crippen LogP contribution in [0.25, 0.3) is 0 Å². The number of ether oxygens (including phenoxy) is 2. The van der Waals surface area contributed by atoms with E-state index in [-0.39, 0.29) is 5.56 Å². The second-order valence-corrected chi connectivity index (χ2v) is 11.6. The first-order valence-electron chi connectivity index (χ1n) is 11.8. The molecule has 2 fully saturated rings. The van der Waals surface area contributed by atoms with E-state index >= 15 is 0 Å². The van der Waals surface area contributed by atoms with Crippen LogP contribution in [-0.4, -0.2) is 141 Å². The Morgan fingerprint density at radius 1 is 0.600 bits per heavy atom. The third-order valence-electron chi connectivity index (χ3n) is 6.90. The van der Waals surface area contributed by atoms with Crippen LogP contribution in [0.5, 0.6) is 17.2 Å². The number of aliphatic hydroxyl groups excluding tert-OH is 8. The molecule has 2 saturated heterocycles. The molecule has 2 heterocycles. The number of rotatable bonds is 6. The molecule has 17 heteroatoms. The van der Waals surface area contributed by atoms with Crippen LogP contribution in [0.15, 0.2) is 9.81 Å². The summed E-state index contributed by atoms with van der Waals surface area (Å²) in [6.07, 6.45) is -13.7. The summed E-state index contributed by atoms with van der Waals surface area (Å²) in [5.74, 6) is -5.04. The number of aliphatic hydroxyl groups is 8. The first-order chi connectivity index (χ1) is 18.8. The molecule has 1 aromatic carbocycles. The molecule has 0 spiro atoms. The van der Waals surface area contributed by atoms with Gasteiger partial charge in [-0.25, -0.2) is 0 Å². The number of hydrogen-bond donors (Lipinski definition) is 11. The van der Waals surface area contributed by atoms with E-state index in [9.17, 15) is 65.8 Å². The van der Waals surface area contributed by atoms with Crippen LogP contribution in [-0.2, 0) is 9.47 Å². The highest BCUT2D eigenvalue weighted by molar-refractivity contribution is 8.08. The van der Waals surface area contributed by atoms with Crippen molar-refractivity contribution >= 4 is 35.1 Å². The quantitative estimate of drug-likeness (QED) is 0.112. The summed E-state index contributed by atoms with van der Waals surface area (Å²) in [5.41, 5.74) is -5.01. The van der Waals surface area contributed by atoms with Crippen molar-refractivity contribution in [2.45, 2.75) is 66.6 Å². The lowest BCUT2D eigenvalue weighted by Crippen LogP contribution is -2.57. The van der Waals surface area contributed by atoms with Crippen LogP contribution < -0.4 is 0 Å². The van der Waals surface area contributed by atoms with E-state index in [1.54, 1.807) is 0 Å². The number of ketones is 2. The van der Waals surface area contributed by atoms with Crippen molar-refractivity contribution in [2.75, 3.05) is 13.2 Å². The number of hydrogen-bond acceptors (Lipinski definition) is 17. The Kier molecular flexibility index (Phi) is 9.06. The van der Waals surface area contributed by atoms with Crippen LogP contribution in [0.1, 0.15) is 26.3 Å². The highest BCUT2D eigenvalue weighted by Gasteiger charge is 2.49. The first-order valence-corrected chi connectivity index (χ1v) is 13.6. The van der Waals surface area contributed by atoms with Crippen LogP contribution in [0.2, 0.25) is 0 Å². The lowest BCUT2D eigenvalue weighted by atomic mass is 9.90. The molecule has 10 atom stereocenters. The Balaban J connectivity index is 1.83. The number of benzene rings is 1. The fraction of sp³-hybridized carbons (Fsp3) is 0.565. The van der Waals surface area contributed by atoms with E-state index in [4.69, 9.17) is 9.47 Å². The molecule has 0 unspecified atom stereocenters. The fourth-order valence-electron chi connectivity index (χ4n) is 4.48. The van der Waals surface area contributed by atoms with Gasteiger partial charge in [-0.05, 0) is 6.92 Å². The summed E-state index contributed by atoms with van der Waals surface area (Å²) in [4.78, 5) is 26.3. The zero-order valence-corrected chi connectivity index (χ0v) is 22.2. The van der Waals surface area contributed by atoms with Crippen LogP contribution in [0, 0.1) is 6.92 Å². The van der Waals surface area contributed by atoms with Crippen molar-refractivity contribution < 1.29 is 75.2 Å². The van der Waals surface area contributed by atoms with Crippen molar-refractivity contribution in [3.63, 3.8) is 0 Å². The average Bonchev–Trinajstić information content (AvgIpc) is 2.93. The molecule has 222 valence electrons. The van der Waals surface area contributed by atoms with Crippen molar-refractivity contribution in [3.8, 4) is 17.2 Å². The molecule has 0 aromatic heterocycles. The Bertz CT molecular complexity index is 1130. The maximum absolute atomic E-state index is 13.7. The summed E-state index contributed by atoms with van der Waals surface area (Å²) in [7, 11) is 0. The summed E-state index contributed by atoms with van der Waals surface area (Å²) in [5, 5.41) is 112. The lowest BCUT2D eigenvalue weighted by Gasteiger charge is -2.41. The minimum atomic E-state index is -1.87.